The number of nitrogens with zero attached hydrogens (tertiary/aromatic N) is 4. The minimum absolute atomic E-state index is 0.124. The Hall–Kier alpha value is -3.14. The third kappa shape index (κ3) is 1.63. The zero-order chi connectivity index (χ0) is 13.4. The molecule has 19 heavy (non-hydrogen) atoms. The Balaban J connectivity index is 2.40. The average molecular weight is 253 g/mol. The van der Waals surface area contributed by atoms with Crippen molar-refractivity contribution in [3.8, 4) is 17.3 Å². The molecule has 92 valence electrons. The van der Waals surface area contributed by atoms with Gasteiger partial charge in [-0.15, -0.1) is 0 Å². The van der Waals surface area contributed by atoms with Crippen LogP contribution in [0.3, 0.4) is 0 Å². The number of carboxylic acids is 1. The smallest absolute Gasteiger partial charge is 0.354 e. The number of nitrogens with one attached hydrogen (secondary N) is 1. The maximum atomic E-state index is 11.1. The summed E-state index contributed by atoms with van der Waals surface area (Å²) in [6.07, 6.45) is 4.80. The second kappa shape index (κ2) is 3.96. The number of fused-ring (bicyclic) bond motifs is 1. The predicted octanol–water partition coefficient (Wildman–Crippen LogP) is 1.29. The minimum atomic E-state index is -1.15. The predicted molar refractivity (Wildman–Crippen MR) is 64.4 cm³/mol. The van der Waals surface area contributed by atoms with Gasteiger partial charge in [-0.25, -0.2) is 14.3 Å². The van der Waals surface area contributed by atoms with Crippen molar-refractivity contribution < 1.29 is 9.90 Å². The van der Waals surface area contributed by atoms with Crippen molar-refractivity contribution in [2.24, 2.45) is 0 Å². The first-order valence-corrected chi connectivity index (χ1v) is 5.36. The Morgan fingerprint density at radius 3 is 3.00 bits per heavy atom. The van der Waals surface area contributed by atoms with E-state index in [0.29, 0.717) is 5.69 Å². The number of H-pyrrole nitrogens is 1. The van der Waals surface area contributed by atoms with Gasteiger partial charge in [0.05, 0.1) is 11.9 Å². The summed E-state index contributed by atoms with van der Waals surface area (Å²) < 4.78 is 1.45. The van der Waals surface area contributed by atoms with Crippen LogP contribution in [0.15, 0.2) is 30.7 Å². The average Bonchev–Trinajstić information content (AvgIpc) is 3.06. The maximum Gasteiger partial charge on any atom is 0.354 e. The molecule has 0 radical (unpaired) electrons. The lowest BCUT2D eigenvalue weighted by atomic mass is 10.2. The number of rotatable bonds is 2. The highest BCUT2D eigenvalue weighted by Crippen LogP contribution is 2.21. The second-order valence-corrected chi connectivity index (χ2v) is 3.84. The number of aromatic nitrogens is 4. The molecule has 0 aliphatic rings. The lowest BCUT2D eigenvalue weighted by Crippen LogP contribution is -2.05. The van der Waals surface area contributed by atoms with E-state index in [2.05, 4.69) is 15.1 Å². The van der Waals surface area contributed by atoms with E-state index < -0.39 is 5.97 Å². The van der Waals surface area contributed by atoms with E-state index in [9.17, 15) is 4.79 Å². The molecule has 3 aromatic heterocycles. The fraction of sp³-hybridized carbons (Fsp3) is 0. The fourth-order valence-electron chi connectivity index (χ4n) is 1.84. The standard InChI is InChI=1S/C12H7N5O2/c13-4-8-6-15-17-10(7-1-2-14-5-7)3-9(12(18)19)16-11(8)17/h1-3,5-6,14H,(H,18,19). The first-order chi connectivity index (χ1) is 9.20. The van der Waals surface area contributed by atoms with Crippen molar-refractivity contribution in [2.75, 3.05) is 0 Å². The molecule has 0 amide bonds. The van der Waals surface area contributed by atoms with Crippen LogP contribution in [0.2, 0.25) is 0 Å². The van der Waals surface area contributed by atoms with Crippen molar-refractivity contribution in [1.82, 2.24) is 19.6 Å². The normalized spacial score (nSPS) is 10.5. The Bertz CT molecular complexity index is 811. The molecule has 0 aromatic carbocycles. The summed E-state index contributed by atoms with van der Waals surface area (Å²) >= 11 is 0. The quantitative estimate of drug-likeness (QED) is 0.715. The minimum Gasteiger partial charge on any atom is -0.477 e. The first kappa shape index (κ1) is 11.0. The molecule has 7 nitrogen and oxygen atoms in total. The van der Waals surface area contributed by atoms with Gasteiger partial charge in [-0.3, -0.25) is 0 Å². The SMILES string of the molecule is N#Cc1cnn2c(-c3cc[nH]c3)cc(C(=O)O)nc12. The zero-order valence-electron chi connectivity index (χ0n) is 9.53. The molecular formula is C12H7N5O2. The monoisotopic (exact) mass is 253 g/mol. The van der Waals surface area contributed by atoms with Gasteiger partial charge in [0.25, 0.3) is 0 Å². The molecule has 0 aliphatic heterocycles. The molecule has 0 fully saturated rings. The molecule has 3 aromatic rings. The molecule has 0 bridgehead atoms. The van der Waals surface area contributed by atoms with Crippen LogP contribution < -0.4 is 0 Å². The topological polar surface area (TPSA) is 107 Å². The largest absolute Gasteiger partial charge is 0.477 e. The highest BCUT2D eigenvalue weighted by Gasteiger charge is 2.16. The fourth-order valence-corrected chi connectivity index (χ4v) is 1.84. The molecule has 7 heteroatoms. The highest BCUT2D eigenvalue weighted by molar-refractivity contribution is 5.88. The summed E-state index contributed by atoms with van der Waals surface area (Å²) in [7, 11) is 0. The van der Waals surface area contributed by atoms with Crippen LogP contribution in [-0.2, 0) is 0 Å². The van der Waals surface area contributed by atoms with Crippen LogP contribution >= 0.6 is 0 Å². The third-order valence-electron chi connectivity index (χ3n) is 2.71. The van der Waals surface area contributed by atoms with Gasteiger partial charge in [0, 0.05) is 18.0 Å². The summed E-state index contributed by atoms with van der Waals surface area (Å²) in [5, 5.41) is 22.1. The Kier molecular flexibility index (Phi) is 2.29. The molecule has 0 aliphatic carbocycles. The number of aromatic carboxylic acids is 1. The third-order valence-corrected chi connectivity index (χ3v) is 2.71. The van der Waals surface area contributed by atoms with Gasteiger partial charge in [0.2, 0.25) is 0 Å². The number of aromatic amines is 1. The van der Waals surface area contributed by atoms with Gasteiger partial charge in [-0.2, -0.15) is 10.4 Å². The van der Waals surface area contributed by atoms with Crippen molar-refractivity contribution >= 4 is 11.6 Å². The summed E-state index contributed by atoms with van der Waals surface area (Å²) in [6.45, 7) is 0. The number of carboxylic acid groups (broad SMARTS) is 1. The number of hydrogen-bond donors (Lipinski definition) is 2. The van der Waals surface area contributed by atoms with Crippen molar-refractivity contribution in [3.05, 3.63) is 42.0 Å². The molecule has 3 rings (SSSR count). The highest BCUT2D eigenvalue weighted by atomic mass is 16.4. The van der Waals surface area contributed by atoms with Crippen LogP contribution in [0.25, 0.3) is 16.9 Å². The van der Waals surface area contributed by atoms with E-state index in [4.69, 9.17) is 10.4 Å². The van der Waals surface area contributed by atoms with Gasteiger partial charge in [-0.05, 0) is 12.1 Å². The molecule has 3 heterocycles. The molecule has 0 unspecified atom stereocenters. The van der Waals surface area contributed by atoms with Crippen LogP contribution in [0, 0.1) is 11.3 Å². The van der Waals surface area contributed by atoms with Gasteiger partial charge in [0.1, 0.15) is 11.6 Å². The Labute approximate surface area is 106 Å². The summed E-state index contributed by atoms with van der Waals surface area (Å²) in [5.41, 5.74) is 1.67. The van der Waals surface area contributed by atoms with E-state index in [1.165, 1.54) is 16.8 Å². The van der Waals surface area contributed by atoms with E-state index in [-0.39, 0.29) is 16.9 Å². The van der Waals surface area contributed by atoms with Crippen LogP contribution in [0.4, 0.5) is 0 Å². The molecular weight excluding hydrogens is 246 g/mol. The van der Waals surface area contributed by atoms with Gasteiger partial charge >= 0.3 is 5.97 Å². The van der Waals surface area contributed by atoms with E-state index in [1.807, 2.05) is 6.07 Å². The van der Waals surface area contributed by atoms with Crippen molar-refractivity contribution in [2.45, 2.75) is 0 Å². The summed E-state index contributed by atoms with van der Waals surface area (Å²) in [5.74, 6) is -1.15. The summed E-state index contributed by atoms with van der Waals surface area (Å²) in [4.78, 5) is 17.9. The van der Waals surface area contributed by atoms with Gasteiger partial charge < -0.3 is 10.1 Å². The molecule has 0 spiro atoms. The second-order valence-electron chi connectivity index (χ2n) is 3.84. The van der Waals surface area contributed by atoms with Crippen molar-refractivity contribution in [3.63, 3.8) is 0 Å². The molecule has 2 N–H and O–H groups in total. The summed E-state index contributed by atoms with van der Waals surface area (Å²) in [6, 6.07) is 5.15. The van der Waals surface area contributed by atoms with Crippen molar-refractivity contribution in [1.29, 1.82) is 5.26 Å². The van der Waals surface area contributed by atoms with Crippen LogP contribution in [-0.4, -0.2) is 30.7 Å². The Morgan fingerprint density at radius 2 is 2.37 bits per heavy atom. The van der Waals surface area contributed by atoms with E-state index >= 15 is 0 Å². The van der Waals surface area contributed by atoms with E-state index in [1.54, 1.807) is 18.5 Å². The zero-order valence-corrected chi connectivity index (χ0v) is 9.53. The first-order valence-electron chi connectivity index (χ1n) is 5.36. The number of hydrogen-bond acceptors (Lipinski definition) is 4. The lowest BCUT2D eigenvalue weighted by Gasteiger charge is -2.04. The number of nitriles is 1. The van der Waals surface area contributed by atoms with Gasteiger partial charge in [0.15, 0.2) is 11.3 Å². The molecule has 0 saturated heterocycles. The molecule has 0 saturated carbocycles. The van der Waals surface area contributed by atoms with Crippen LogP contribution in [0.1, 0.15) is 16.1 Å². The lowest BCUT2D eigenvalue weighted by molar-refractivity contribution is 0.0690. The Morgan fingerprint density at radius 1 is 1.53 bits per heavy atom. The number of carbonyl (C=O) groups is 1. The molecule has 0 atom stereocenters. The maximum absolute atomic E-state index is 11.1. The van der Waals surface area contributed by atoms with E-state index in [0.717, 1.165) is 5.56 Å². The van der Waals surface area contributed by atoms with Crippen LogP contribution in [0.5, 0.6) is 0 Å². The van der Waals surface area contributed by atoms with Gasteiger partial charge in [-0.1, -0.05) is 0 Å².